The van der Waals surface area contributed by atoms with Crippen molar-refractivity contribution in [3.05, 3.63) is 64.1 Å². The zero-order chi connectivity index (χ0) is 17.3. The summed E-state index contributed by atoms with van der Waals surface area (Å²) in [6.07, 6.45) is 0.174. The molecule has 1 aliphatic heterocycles. The maximum Gasteiger partial charge on any atom is 0.227 e. The molecule has 0 atom stereocenters. The molecule has 0 bridgehead atoms. The molecule has 1 heterocycles. The summed E-state index contributed by atoms with van der Waals surface area (Å²) in [4.78, 5) is 14.0. The van der Waals surface area contributed by atoms with E-state index in [9.17, 15) is 13.2 Å². The molecular formula is C17H15Cl2NO3S. The van der Waals surface area contributed by atoms with E-state index in [0.717, 1.165) is 5.56 Å². The van der Waals surface area contributed by atoms with Crippen molar-refractivity contribution < 1.29 is 13.2 Å². The van der Waals surface area contributed by atoms with E-state index in [1.807, 2.05) is 6.07 Å². The van der Waals surface area contributed by atoms with Crippen LogP contribution in [0.3, 0.4) is 0 Å². The van der Waals surface area contributed by atoms with Crippen molar-refractivity contribution in [1.82, 2.24) is 4.90 Å². The number of benzene rings is 2. The van der Waals surface area contributed by atoms with Gasteiger partial charge in [0.15, 0.2) is 9.84 Å². The normalized spacial score (nSPS) is 15.2. The Kier molecular flexibility index (Phi) is 4.85. The number of amides is 1. The van der Waals surface area contributed by atoms with Crippen molar-refractivity contribution in [2.24, 2.45) is 0 Å². The first kappa shape index (κ1) is 17.3. The summed E-state index contributed by atoms with van der Waals surface area (Å²) < 4.78 is 25.0. The fourth-order valence-electron chi connectivity index (χ4n) is 2.57. The third-order valence-corrected chi connectivity index (χ3v) is 6.81. The van der Waals surface area contributed by atoms with E-state index in [-0.39, 0.29) is 30.3 Å². The van der Waals surface area contributed by atoms with Crippen molar-refractivity contribution in [3.63, 3.8) is 0 Å². The molecule has 2 aromatic rings. The average Bonchev–Trinajstić information content (AvgIpc) is 2.48. The zero-order valence-corrected chi connectivity index (χ0v) is 15.0. The highest BCUT2D eigenvalue weighted by atomic mass is 35.5. The van der Waals surface area contributed by atoms with Gasteiger partial charge in [0.25, 0.3) is 0 Å². The first-order valence-electron chi connectivity index (χ1n) is 7.38. The highest BCUT2D eigenvalue weighted by Crippen LogP contribution is 2.26. The van der Waals surface area contributed by atoms with E-state index >= 15 is 0 Å². The van der Waals surface area contributed by atoms with Gasteiger partial charge < -0.3 is 4.90 Å². The molecule has 0 N–H and O–H groups in total. The molecule has 0 spiro atoms. The molecule has 1 saturated heterocycles. The van der Waals surface area contributed by atoms with Gasteiger partial charge in [-0.15, -0.1) is 0 Å². The van der Waals surface area contributed by atoms with Gasteiger partial charge in [-0.25, -0.2) is 8.42 Å². The van der Waals surface area contributed by atoms with Crippen LogP contribution in [0.5, 0.6) is 0 Å². The van der Waals surface area contributed by atoms with Gasteiger partial charge in [-0.2, -0.15) is 0 Å². The molecule has 0 saturated carbocycles. The molecule has 126 valence electrons. The van der Waals surface area contributed by atoms with Gasteiger partial charge in [0.2, 0.25) is 5.91 Å². The monoisotopic (exact) mass is 383 g/mol. The minimum atomic E-state index is -3.45. The maximum absolute atomic E-state index is 12.5. The molecule has 7 heteroatoms. The number of carbonyl (C=O) groups excluding carboxylic acids is 1. The van der Waals surface area contributed by atoms with Crippen LogP contribution in [0.2, 0.25) is 10.0 Å². The lowest BCUT2D eigenvalue weighted by Crippen LogP contribution is -2.57. The molecule has 0 radical (unpaired) electrons. The maximum atomic E-state index is 12.5. The number of rotatable bonds is 4. The second kappa shape index (κ2) is 6.75. The molecule has 3 rings (SSSR count). The van der Waals surface area contributed by atoms with E-state index in [1.165, 1.54) is 12.1 Å². The smallest absolute Gasteiger partial charge is 0.227 e. The van der Waals surface area contributed by atoms with Crippen molar-refractivity contribution in [3.8, 4) is 0 Å². The van der Waals surface area contributed by atoms with Gasteiger partial charge in [-0.05, 0) is 35.9 Å². The number of likely N-dealkylation sites (tertiary alicyclic amines) is 1. The second-order valence-corrected chi connectivity index (χ2v) is 8.76. The third kappa shape index (κ3) is 3.43. The fourth-order valence-corrected chi connectivity index (χ4v) is 4.55. The van der Waals surface area contributed by atoms with Gasteiger partial charge in [-0.3, -0.25) is 4.79 Å². The van der Waals surface area contributed by atoms with Crippen molar-refractivity contribution >= 4 is 38.9 Å². The second-order valence-electron chi connectivity index (χ2n) is 5.69. The Hall–Kier alpha value is -1.56. The number of hydrogen-bond donors (Lipinski definition) is 0. The Bertz CT molecular complexity index is 860. The predicted molar refractivity (Wildman–Crippen MR) is 94.2 cm³/mol. The average molecular weight is 384 g/mol. The van der Waals surface area contributed by atoms with Crippen LogP contribution in [0.15, 0.2) is 53.4 Å². The molecular weight excluding hydrogens is 369 g/mol. The molecule has 1 amide bonds. The lowest BCUT2D eigenvalue weighted by molar-refractivity contribution is -0.133. The van der Waals surface area contributed by atoms with Gasteiger partial charge in [-0.1, -0.05) is 41.4 Å². The van der Waals surface area contributed by atoms with Crippen LogP contribution >= 0.6 is 23.2 Å². The van der Waals surface area contributed by atoms with Crippen LogP contribution in [0.1, 0.15) is 5.56 Å². The number of nitrogens with zero attached hydrogens (tertiary/aromatic N) is 1. The summed E-state index contributed by atoms with van der Waals surface area (Å²) >= 11 is 11.8. The summed E-state index contributed by atoms with van der Waals surface area (Å²) in [6.45, 7) is 0.405. The van der Waals surface area contributed by atoms with Crippen LogP contribution in [0.25, 0.3) is 0 Å². The lowest BCUT2D eigenvalue weighted by atomic mass is 10.1. The van der Waals surface area contributed by atoms with Crippen LogP contribution in [-0.4, -0.2) is 37.6 Å². The van der Waals surface area contributed by atoms with Crippen LogP contribution < -0.4 is 0 Å². The topological polar surface area (TPSA) is 54.5 Å². The van der Waals surface area contributed by atoms with Crippen LogP contribution in [0, 0.1) is 0 Å². The summed E-state index contributed by atoms with van der Waals surface area (Å²) in [5.74, 6) is -0.120. The van der Waals surface area contributed by atoms with E-state index in [1.54, 1.807) is 35.2 Å². The summed E-state index contributed by atoms with van der Waals surface area (Å²) in [5, 5.41) is 0.449. The van der Waals surface area contributed by atoms with E-state index in [4.69, 9.17) is 23.2 Å². The minimum Gasteiger partial charge on any atom is -0.340 e. The predicted octanol–water partition coefficient (Wildman–Crippen LogP) is 3.22. The molecule has 24 heavy (non-hydrogen) atoms. The minimum absolute atomic E-state index is 0.120. The number of halogens is 2. The van der Waals surface area contributed by atoms with Crippen LogP contribution in [0.4, 0.5) is 0 Å². The zero-order valence-electron chi connectivity index (χ0n) is 12.7. The highest BCUT2D eigenvalue weighted by Gasteiger charge is 2.40. The Morgan fingerprint density at radius 2 is 1.67 bits per heavy atom. The Morgan fingerprint density at radius 1 is 1.04 bits per heavy atom. The fraction of sp³-hybridized carbons (Fsp3) is 0.235. The van der Waals surface area contributed by atoms with Gasteiger partial charge in [0, 0.05) is 23.1 Å². The van der Waals surface area contributed by atoms with Gasteiger partial charge in [0.05, 0.1) is 11.3 Å². The quantitative estimate of drug-likeness (QED) is 0.814. The van der Waals surface area contributed by atoms with Gasteiger partial charge >= 0.3 is 0 Å². The molecule has 0 aliphatic carbocycles. The number of carbonyl (C=O) groups is 1. The molecule has 2 aromatic carbocycles. The summed E-state index contributed by atoms with van der Waals surface area (Å²) in [7, 11) is -3.45. The lowest BCUT2D eigenvalue weighted by Gasteiger charge is -2.38. The molecule has 1 fully saturated rings. The summed E-state index contributed by atoms with van der Waals surface area (Å²) in [5.41, 5.74) is 0.744. The molecule has 0 unspecified atom stereocenters. The third-order valence-electron chi connectivity index (χ3n) is 4.08. The summed E-state index contributed by atoms with van der Waals surface area (Å²) in [6, 6.07) is 13.2. The van der Waals surface area contributed by atoms with Gasteiger partial charge in [0.1, 0.15) is 5.25 Å². The largest absolute Gasteiger partial charge is 0.340 e. The molecule has 4 nitrogen and oxygen atoms in total. The Balaban J connectivity index is 1.63. The molecule has 0 aromatic heterocycles. The number of sulfone groups is 1. The first-order valence-corrected chi connectivity index (χ1v) is 9.69. The van der Waals surface area contributed by atoms with Crippen molar-refractivity contribution in [1.29, 1.82) is 0 Å². The number of hydrogen-bond acceptors (Lipinski definition) is 3. The van der Waals surface area contributed by atoms with E-state index in [2.05, 4.69) is 0 Å². The Labute approximate surface area is 150 Å². The standard InChI is InChI=1S/C17H15Cl2NO3S/c18-13-5-7-14(8-6-13)24(22,23)15-10-20(11-15)17(21)9-12-3-1-2-4-16(12)19/h1-8,15H,9-11H2. The highest BCUT2D eigenvalue weighted by molar-refractivity contribution is 7.92. The van der Waals surface area contributed by atoms with Crippen molar-refractivity contribution in [2.75, 3.05) is 13.1 Å². The Morgan fingerprint density at radius 3 is 2.29 bits per heavy atom. The SMILES string of the molecule is O=C(Cc1ccccc1Cl)N1CC(S(=O)(=O)c2ccc(Cl)cc2)C1. The first-order chi connectivity index (χ1) is 11.4. The molecule has 1 aliphatic rings. The van der Waals surface area contributed by atoms with Crippen molar-refractivity contribution in [2.45, 2.75) is 16.6 Å². The van der Waals surface area contributed by atoms with Crippen LogP contribution in [-0.2, 0) is 21.1 Å². The van der Waals surface area contributed by atoms with E-state index in [0.29, 0.717) is 10.0 Å². The van der Waals surface area contributed by atoms with E-state index < -0.39 is 15.1 Å².